The molecule has 0 saturated heterocycles. The van der Waals surface area contributed by atoms with Crippen molar-refractivity contribution < 1.29 is 14.3 Å². The second-order valence-electron chi connectivity index (χ2n) is 6.69. The maximum Gasteiger partial charge on any atom is 0.313 e. The molecule has 0 heterocycles. The van der Waals surface area contributed by atoms with Gasteiger partial charge in [0.05, 0.1) is 13.1 Å². The van der Waals surface area contributed by atoms with Crippen LogP contribution in [0.4, 0.5) is 0 Å². The van der Waals surface area contributed by atoms with Crippen LogP contribution in [0.1, 0.15) is 29.5 Å². The SMILES string of the molecule is CC(C(=O)OCc1cccc(I)c1)c1cc(I)c(OCc2cccc(I)c2)c(I)c1. The van der Waals surface area contributed by atoms with Crippen molar-refractivity contribution in [2.24, 2.45) is 0 Å². The van der Waals surface area contributed by atoms with Gasteiger partial charge in [0.15, 0.2) is 0 Å². The Balaban J connectivity index is 1.66. The highest BCUT2D eigenvalue weighted by Crippen LogP contribution is 2.32. The first kappa shape index (κ1) is 24.5. The van der Waals surface area contributed by atoms with E-state index in [0.29, 0.717) is 6.61 Å². The van der Waals surface area contributed by atoms with E-state index >= 15 is 0 Å². The standard InChI is InChI=1S/C23H18I4O3/c1-14(23(28)30-13-16-5-3-7-19(25)9-16)17-10-20(26)22(21(27)11-17)29-12-15-4-2-6-18(24)8-15/h2-11,14H,12-13H2,1H3. The second-order valence-corrected chi connectivity index (χ2v) is 11.5. The van der Waals surface area contributed by atoms with E-state index in [4.69, 9.17) is 9.47 Å². The number of hydrogen-bond acceptors (Lipinski definition) is 3. The molecule has 0 aromatic heterocycles. The molecule has 3 nitrogen and oxygen atoms in total. The summed E-state index contributed by atoms with van der Waals surface area (Å²) in [6, 6.07) is 20.2. The summed E-state index contributed by atoms with van der Waals surface area (Å²) in [7, 11) is 0. The zero-order valence-electron chi connectivity index (χ0n) is 16.0. The minimum absolute atomic E-state index is 0.229. The van der Waals surface area contributed by atoms with E-state index in [2.05, 4.69) is 109 Å². The number of benzene rings is 3. The topological polar surface area (TPSA) is 35.5 Å². The molecule has 3 aromatic carbocycles. The Hall–Kier alpha value is -0.150. The summed E-state index contributed by atoms with van der Waals surface area (Å²) in [6.45, 7) is 2.67. The van der Waals surface area contributed by atoms with Gasteiger partial charge in [0.25, 0.3) is 0 Å². The number of esters is 1. The van der Waals surface area contributed by atoms with Crippen LogP contribution in [0.15, 0.2) is 60.7 Å². The minimum atomic E-state index is -0.348. The van der Waals surface area contributed by atoms with E-state index in [9.17, 15) is 4.79 Å². The van der Waals surface area contributed by atoms with Gasteiger partial charge in [-0.2, -0.15) is 0 Å². The van der Waals surface area contributed by atoms with E-state index in [1.807, 2.05) is 49.4 Å². The number of rotatable bonds is 7. The predicted octanol–water partition coefficient (Wildman–Crippen LogP) is 7.53. The summed E-state index contributed by atoms with van der Waals surface area (Å²) in [5.41, 5.74) is 3.05. The van der Waals surface area contributed by atoms with Crippen LogP contribution < -0.4 is 4.74 Å². The van der Waals surface area contributed by atoms with Crippen LogP contribution in [-0.4, -0.2) is 5.97 Å². The summed E-state index contributed by atoms with van der Waals surface area (Å²) < 4.78 is 15.9. The first-order chi connectivity index (χ1) is 14.3. The molecular formula is C23H18I4O3. The van der Waals surface area contributed by atoms with Crippen molar-refractivity contribution in [2.45, 2.75) is 26.1 Å². The first-order valence-electron chi connectivity index (χ1n) is 9.10. The Morgan fingerprint density at radius 2 is 1.37 bits per heavy atom. The van der Waals surface area contributed by atoms with Crippen molar-refractivity contribution in [2.75, 3.05) is 0 Å². The fourth-order valence-electron chi connectivity index (χ4n) is 2.79. The minimum Gasteiger partial charge on any atom is -0.487 e. The molecule has 0 aliphatic carbocycles. The van der Waals surface area contributed by atoms with Crippen LogP contribution in [0.25, 0.3) is 0 Å². The third-order valence-corrected chi connectivity index (χ3v) is 7.36. The lowest BCUT2D eigenvalue weighted by molar-refractivity contribution is -0.146. The molecule has 3 rings (SSSR count). The van der Waals surface area contributed by atoms with E-state index in [1.54, 1.807) is 0 Å². The van der Waals surface area contributed by atoms with Crippen molar-refractivity contribution in [3.63, 3.8) is 0 Å². The molecule has 0 aliphatic rings. The molecule has 0 fully saturated rings. The summed E-state index contributed by atoms with van der Waals surface area (Å²) in [4.78, 5) is 12.6. The maximum atomic E-state index is 12.6. The van der Waals surface area contributed by atoms with Gasteiger partial charge in [-0.25, -0.2) is 0 Å². The number of ether oxygens (including phenoxy) is 2. The van der Waals surface area contributed by atoms with Gasteiger partial charge < -0.3 is 9.47 Å². The zero-order chi connectivity index (χ0) is 21.7. The van der Waals surface area contributed by atoms with Gasteiger partial charge in [0, 0.05) is 7.14 Å². The van der Waals surface area contributed by atoms with E-state index < -0.39 is 0 Å². The van der Waals surface area contributed by atoms with Gasteiger partial charge in [-0.05, 0) is 150 Å². The van der Waals surface area contributed by atoms with Crippen molar-refractivity contribution >= 4 is 96.3 Å². The van der Waals surface area contributed by atoms with Crippen LogP contribution in [0, 0.1) is 14.3 Å². The lowest BCUT2D eigenvalue weighted by atomic mass is 10.0. The Bertz CT molecular complexity index is 1030. The number of halogens is 4. The maximum absolute atomic E-state index is 12.6. The Morgan fingerprint density at radius 1 is 0.833 bits per heavy atom. The molecule has 0 radical (unpaired) electrons. The molecule has 7 heteroatoms. The average Bonchev–Trinajstić information content (AvgIpc) is 2.71. The van der Waals surface area contributed by atoms with E-state index in [1.165, 1.54) is 3.57 Å². The number of carbonyl (C=O) groups is 1. The van der Waals surface area contributed by atoms with Crippen molar-refractivity contribution in [3.8, 4) is 5.75 Å². The summed E-state index contributed by atoms with van der Waals surface area (Å²) >= 11 is 9.09. The molecule has 0 amide bonds. The van der Waals surface area contributed by atoms with Crippen molar-refractivity contribution in [3.05, 3.63) is 91.6 Å². The Morgan fingerprint density at radius 3 is 1.90 bits per heavy atom. The smallest absolute Gasteiger partial charge is 0.313 e. The Labute approximate surface area is 231 Å². The summed E-state index contributed by atoms with van der Waals surface area (Å²) in [6.07, 6.45) is 0. The van der Waals surface area contributed by atoms with Gasteiger partial charge in [-0.15, -0.1) is 0 Å². The monoisotopic (exact) mass is 850 g/mol. The third kappa shape index (κ3) is 6.92. The van der Waals surface area contributed by atoms with Crippen LogP contribution in [0.5, 0.6) is 5.75 Å². The van der Waals surface area contributed by atoms with Crippen molar-refractivity contribution in [1.82, 2.24) is 0 Å². The summed E-state index contributed by atoms with van der Waals surface area (Å²) in [5.74, 6) is 0.269. The molecule has 0 bridgehead atoms. The van der Waals surface area contributed by atoms with Gasteiger partial charge in [-0.3, -0.25) is 4.79 Å². The van der Waals surface area contributed by atoms with Gasteiger partial charge in [0.1, 0.15) is 19.0 Å². The van der Waals surface area contributed by atoms with Gasteiger partial charge in [-0.1, -0.05) is 24.3 Å². The van der Waals surface area contributed by atoms with Crippen molar-refractivity contribution in [1.29, 1.82) is 0 Å². The lowest BCUT2D eigenvalue weighted by Crippen LogP contribution is -2.14. The van der Waals surface area contributed by atoms with Crippen LogP contribution in [-0.2, 0) is 22.7 Å². The van der Waals surface area contributed by atoms with Crippen LogP contribution >= 0.6 is 90.4 Å². The molecule has 1 unspecified atom stereocenters. The first-order valence-corrected chi connectivity index (χ1v) is 13.4. The number of carbonyl (C=O) groups excluding carboxylic acids is 1. The normalized spacial score (nSPS) is 11.8. The Kier molecular flexibility index (Phi) is 9.50. The molecular weight excluding hydrogens is 832 g/mol. The lowest BCUT2D eigenvalue weighted by Gasteiger charge is -2.16. The second kappa shape index (κ2) is 11.6. The molecule has 0 saturated carbocycles. The average molecular weight is 850 g/mol. The molecule has 0 spiro atoms. The molecule has 0 N–H and O–H groups in total. The van der Waals surface area contributed by atoms with E-state index in [0.717, 1.165) is 33.2 Å². The highest BCUT2D eigenvalue weighted by Gasteiger charge is 2.20. The fraction of sp³-hybridized carbons (Fsp3) is 0.174. The van der Waals surface area contributed by atoms with Crippen LogP contribution in [0.3, 0.4) is 0 Å². The molecule has 1 atom stereocenters. The van der Waals surface area contributed by atoms with Gasteiger partial charge in [0.2, 0.25) is 0 Å². The largest absolute Gasteiger partial charge is 0.487 e. The molecule has 30 heavy (non-hydrogen) atoms. The fourth-order valence-corrected chi connectivity index (χ4v) is 6.13. The quantitative estimate of drug-likeness (QED) is 0.182. The van der Waals surface area contributed by atoms with Crippen LogP contribution in [0.2, 0.25) is 0 Å². The number of hydrogen-bond donors (Lipinski definition) is 0. The third-order valence-electron chi connectivity index (χ3n) is 4.42. The highest BCUT2D eigenvalue weighted by molar-refractivity contribution is 14.1. The predicted molar refractivity (Wildman–Crippen MR) is 153 cm³/mol. The highest BCUT2D eigenvalue weighted by atomic mass is 127. The molecule has 0 aliphatic heterocycles. The van der Waals surface area contributed by atoms with E-state index in [-0.39, 0.29) is 18.5 Å². The molecule has 3 aromatic rings. The van der Waals surface area contributed by atoms with Gasteiger partial charge >= 0.3 is 5.97 Å². The molecule has 156 valence electrons. The summed E-state index contributed by atoms with van der Waals surface area (Å²) in [5, 5.41) is 0. The zero-order valence-corrected chi connectivity index (χ0v) is 24.6.